The molecule has 0 aromatic rings. The van der Waals surface area contributed by atoms with E-state index in [2.05, 4.69) is 20.4 Å². The zero-order valence-electron chi connectivity index (χ0n) is 10.5. The summed E-state index contributed by atoms with van der Waals surface area (Å²) in [7, 11) is 0. The predicted molar refractivity (Wildman–Crippen MR) is 63.6 cm³/mol. The highest BCUT2D eigenvalue weighted by atomic mass is 16.6. The van der Waals surface area contributed by atoms with E-state index in [1.165, 1.54) is 0 Å². The monoisotopic (exact) mass is 210 g/mol. The van der Waals surface area contributed by atoms with Gasteiger partial charge in [-0.2, -0.15) is 0 Å². The average molecular weight is 210 g/mol. The smallest absolute Gasteiger partial charge is 0.334 e. The quantitative estimate of drug-likeness (QED) is 0.403. The summed E-state index contributed by atoms with van der Waals surface area (Å²) in [6, 6.07) is 0. The summed E-state index contributed by atoms with van der Waals surface area (Å²) in [5, 5.41) is 0. The largest absolute Gasteiger partial charge is 0.457 e. The Morgan fingerprint density at radius 3 is 2.27 bits per heavy atom. The van der Waals surface area contributed by atoms with Crippen molar-refractivity contribution in [3.05, 3.63) is 24.3 Å². The number of rotatable bonds is 4. The highest BCUT2D eigenvalue weighted by Crippen LogP contribution is 2.16. The minimum absolute atomic E-state index is 0.240. The highest BCUT2D eigenvalue weighted by Gasteiger charge is 2.19. The predicted octanol–water partition coefficient (Wildman–Crippen LogP) is 3.49. The molecule has 2 nitrogen and oxygen atoms in total. The van der Waals surface area contributed by atoms with Gasteiger partial charge in [0.25, 0.3) is 0 Å². The Bertz CT molecular complexity index is 254. The standard InChI is InChI=1S/C13H22O2/c1-7-8-11(9-10(2)3)12(14)15-13(4,5)6/h7-8,10H,1,9H2,2-6H3/b11-8+. The molecular formula is C13H22O2. The van der Waals surface area contributed by atoms with Gasteiger partial charge < -0.3 is 4.74 Å². The second-order valence-corrected chi connectivity index (χ2v) is 5.03. The topological polar surface area (TPSA) is 26.3 Å². The molecule has 0 heterocycles. The van der Waals surface area contributed by atoms with E-state index in [9.17, 15) is 4.79 Å². The van der Waals surface area contributed by atoms with Gasteiger partial charge in [0.05, 0.1) is 0 Å². The SMILES string of the molecule is C=C/C=C(\CC(C)C)C(=O)OC(C)(C)C. The van der Waals surface area contributed by atoms with Gasteiger partial charge in [-0.15, -0.1) is 0 Å². The summed E-state index contributed by atoms with van der Waals surface area (Å²) in [5.74, 6) is 0.194. The fraction of sp³-hybridized carbons (Fsp3) is 0.615. The molecule has 0 amide bonds. The molecule has 0 fully saturated rings. The minimum atomic E-state index is -0.436. The first-order chi connectivity index (χ1) is 6.76. The van der Waals surface area contributed by atoms with Crippen molar-refractivity contribution in [1.29, 1.82) is 0 Å². The van der Waals surface area contributed by atoms with Gasteiger partial charge in [-0.05, 0) is 33.1 Å². The molecule has 0 aromatic heterocycles. The van der Waals surface area contributed by atoms with Crippen molar-refractivity contribution in [3.8, 4) is 0 Å². The summed E-state index contributed by atoms with van der Waals surface area (Å²) in [5.41, 5.74) is 0.254. The lowest BCUT2D eigenvalue weighted by Crippen LogP contribution is -2.25. The van der Waals surface area contributed by atoms with Crippen LogP contribution in [0.1, 0.15) is 41.0 Å². The molecule has 2 heteroatoms. The van der Waals surface area contributed by atoms with Crippen molar-refractivity contribution in [2.45, 2.75) is 46.6 Å². The molecule has 15 heavy (non-hydrogen) atoms. The fourth-order valence-corrected chi connectivity index (χ4v) is 1.15. The van der Waals surface area contributed by atoms with E-state index in [1.807, 2.05) is 20.8 Å². The van der Waals surface area contributed by atoms with Gasteiger partial charge in [0, 0.05) is 5.57 Å². The third kappa shape index (κ3) is 6.95. The molecule has 0 rings (SSSR count). The van der Waals surface area contributed by atoms with E-state index >= 15 is 0 Å². The second-order valence-electron chi connectivity index (χ2n) is 5.03. The Morgan fingerprint density at radius 1 is 1.40 bits per heavy atom. The number of hydrogen-bond acceptors (Lipinski definition) is 2. The van der Waals surface area contributed by atoms with E-state index in [4.69, 9.17) is 4.74 Å². The van der Waals surface area contributed by atoms with Crippen LogP contribution in [0.25, 0.3) is 0 Å². The van der Waals surface area contributed by atoms with Gasteiger partial charge in [0.15, 0.2) is 0 Å². The summed E-state index contributed by atoms with van der Waals surface area (Å²) < 4.78 is 5.30. The van der Waals surface area contributed by atoms with Gasteiger partial charge in [-0.25, -0.2) is 4.79 Å². The van der Waals surface area contributed by atoms with Gasteiger partial charge >= 0.3 is 5.97 Å². The normalized spacial score (nSPS) is 12.8. The highest BCUT2D eigenvalue weighted by molar-refractivity contribution is 5.89. The van der Waals surface area contributed by atoms with Gasteiger partial charge in [0.1, 0.15) is 5.60 Å². The minimum Gasteiger partial charge on any atom is -0.457 e. The number of carbonyl (C=O) groups excluding carboxylic acids is 1. The summed E-state index contributed by atoms with van der Waals surface area (Å²) >= 11 is 0. The van der Waals surface area contributed by atoms with Crippen LogP contribution in [0, 0.1) is 5.92 Å². The first-order valence-electron chi connectivity index (χ1n) is 5.31. The molecule has 0 saturated heterocycles. The van der Waals surface area contributed by atoms with Gasteiger partial charge in [-0.3, -0.25) is 0 Å². The van der Waals surface area contributed by atoms with Crippen LogP contribution in [-0.4, -0.2) is 11.6 Å². The second kappa shape index (κ2) is 5.74. The molecule has 0 N–H and O–H groups in total. The van der Waals surface area contributed by atoms with Crippen molar-refractivity contribution >= 4 is 5.97 Å². The Balaban J connectivity index is 4.58. The Kier molecular flexibility index (Phi) is 5.34. The lowest BCUT2D eigenvalue weighted by Gasteiger charge is -2.21. The third-order valence-electron chi connectivity index (χ3n) is 1.61. The first kappa shape index (κ1) is 13.9. The van der Waals surface area contributed by atoms with E-state index < -0.39 is 5.60 Å². The van der Waals surface area contributed by atoms with Crippen LogP contribution in [0.2, 0.25) is 0 Å². The van der Waals surface area contributed by atoms with Crippen LogP contribution in [0.3, 0.4) is 0 Å². The Hall–Kier alpha value is -1.05. The molecule has 0 unspecified atom stereocenters. The maximum Gasteiger partial charge on any atom is 0.334 e. The van der Waals surface area contributed by atoms with Gasteiger partial charge in [0.2, 0.25) is 0 Å². The molecule has 86 valence electrons. The van der Waals surface area contributed by atoms with E-state index in [1.54, 1.807) is 12.2 Å². The summed E-state index contributed by atoms with van der Waals surface area (Å²) in [6.07, 6.45) is 4.08. The molecule has 0 bridgehead atoms. The third-order valence-corrected chi connectivity index (χ3v) is 1.61. The summed E-state index contributed by atoms with van der Waals surface area (Å²) in [4.78, 5) is 11.7. The number of ether oxygens (including phenoxy) is 1. The van der Waals surface area contributed by atoms with E-state index in [0.717, 1.165) is 6.42 Å². The fourth-order valence-electron chi connectivity index (χ4n) is 1.15. The van der Waals surface area contributed by atoms with Crippen LogP contribution in [-0.2, 0) is 9.53 Å². The number of allylic oxidation sites excluding steroid dienone is 2. The molecule has 0 aliphatic heterocycles. The van der Waals surface area contributed by atoms with Crippen molar-refractivity contribution in [3.63, 3.8) is 0 Å². The lowest BCUT2D eigenvalue weighted by molar-refractivity contribution is -0.150. The lowest BCUT2D eigenvalue weighted by atomic mass is 10.0. The molecule has 0 spiro atoms. The van der Waals surface area contributed by atoms with Crippen molar-refractivity contribution in [2.24, 2.45) is 5.92 Å². The molecule has 0 radical (unpaired) electrons. The number of carbonyl (C=O) groups is 1. The molecule has 0 aliphatic carbocycles. The zero-order valence-corrected chi connectivity index (χ0v) is 10.5. The van der Waals surface area contributed by atoms with E-state index in [-0.39, 0.29) is 5.97 Å². The number of esters is 1. The van der Waals surface area contributed by atoms with Crippen LogP contribution < -0.4 is 0 Å². The summed E-state index contributed by atoms with van der Waals surface area (Å²) in [6.45, 7) is 13.3. The molecule has 0 atom stereocenters. The molecule has 0 aliphatic rings. The average Bonchev–Trinajstić information content (AvgIpc) is 1.99. The van der Waals surface area contributed by atoms with Crippen molar-refractivity contribution < 1.29 is 9.53 Å². The zero-order chi connectivity index (χ0) is 12.1. The van der Waals surface area contributed by atoms with Crippen LogP contribution in [0.15, 0.2) is 24.3 Å². The van der Waals surface area contributed by atoms with E-state index in [0.29, 0.717) is 11.5 Å². The maximum absolute atomic E-state index is 11.7. The van der Waals surface area contributed by atoms with Crippen LogP contribution >= 0.6 is 0 Å². The van der Waals surface area contributed by atoms with Crippen LogP contribution in [0.4, 0.5) is 0 Å². The first-order valence-corrected chi connectivity index (χ1v) is 5.31. The van der Waals surface area contributed by atoms with Crippen molar-refractivity contribution in [1.82, 2.24) is 0 Å². The maximum atomic E-state index is 11.7. The Morgan fingerprint density at radius 2 is 1.93 bits per heavy atom. The number of hydrogen-bond donors (Lipinski definition) is 0. The van der Waals surface area contributed by atoms with Crippen molar-refractivity contribution in [2.75, 3.05) is 0 Å². The van der Waals surface area contributed by atoms with Gasteiger partial charge in [-0.1, -0.05) is 32.6 Å². The van der Waals surface area contributed by atoms with Crippen LogP contribution in [0.5, 0.6) is 0 Å². The Labute approximate surface area is 93.0 Å². The molecule has 0 aromatic carbocycles. The molecular weight excluding hydrogens is 188 g/mol. The molecule has 0 saturated carbocycles.